The first-order valence-electron chi connectivity index (χ1n) is 6.63. The highest BCUT2D eigenvalue weighted by Crippen LogP contribution is 2.39. The minimum atomic E-state index is -0.670. The molecule has 1 aliphatic carbocycles. The number of thiocarbonyl (C=S) groups is 1. The summed E-state index contributed by atoms with van der Waals surface area (Å²) in [6.07, 6.45) is 6.08. The molecule has 0 saturated heterocycles. The zero-order valence-corrected chi connectivity index (χ0v) is 12.2. The van der Waals surface area contributed by atoms with Gasteiger partial charge >= 0.3 is 0 Å². The van der Waals surface area contributed by atoms with Crippen molar-refractivity contribution in [2.24, 2.45) is 18.2 Å². The van der Waals surface area contributed by atoms with Crippen molar-refractivity contribution in [2.45, 2.75) is 39.0 Å². The first-order chi connectivity index (χ1) is 8.99. The second kappa shape index (κ2) is 5.28. The molecule has 1 saturated carbocycles. The van der Waals surface area contributed by atoms with E-state index in [1.807, 2.05) is 20.2 Å². The van der Waals surface area contributed by atoms with Gasteiger partial charge in [-0.1, -0.05) is 32.0 Å². The lowest BCUT2D eigenvalue weighted by Gasteiger charge is -2.26. The van der Waals surface area contributed by atoms with Crippen LogP contribution in [0.25, 0.3) is 0 Å². The van der Waals surface area contributed by atoms with E-state index in [0.29, 0.717) is 4.99 Å². The van der Waals surface area contributed by atoms with E-state index in [2.05, 4.69) is 10.4 Å². The van der Waals surface area contributed by atoms with E-state index < -0.39 is 5.41 Å². The number of aromatic nitrogens is 2. The molecule has 0 atom stereocenters. The second-order valence-electron chi connectivity index (χ2n) is 5.12. The quantitative estimate of drug-likeness (QED) is 0.824. The average Bonchev–Trinajstić information content (AvgIpc) is 2.96. The van der Waals surface area contributed by atoms with Gasteiger partial charge in [-0.05, 0) is 19.3 Å². The third-order valence-electron chi connectivity index (χ3n) is 3.85. The molecule has 5 nitrogen and oxygen atoms in total. The lowest BCUT2D eigenvalue weighted by molar-refractivity contribution is -0.122. The Labute approximate surface area is 118 Å². The Balaban J connectivity index is 2.22. The molecule has 0 unspecified atom stereocenters. The third kappa shape index (κ3) is 2.49. The van der Waals surface area contributed by atoms with Gasteiger partial charge in [-0.3, -0.25) is 9.48 Å². The van der Waals surface area contributed by atoms with Gasteiger partial charge in [0.2, 0.25) is 5.91 Å². The van der Waals surface area contributed by atoms with Crippen LogP contribution in [0.1, 0.15) is 38.3 Å². The third-order valence-corrected chi connectivity index (χ3v) is 4.24. The normalized spacial score (nSPS) is 17.4. The van der Waals surface area contributed by atoms with Gasteiger partial charge in [0, 0.05) is 13.2 Å². The number of carbonyl (C=O) groups excluding carboxylic acids is 1. The Morgan fingerprint density at radius 3 is 2.74 bits per heavy atom. The molecule has 1 heterocycles. The second-order valence-corrected chi connectivity index (χ2v) is 5.56. The predicted molar refractivity (Wildman–Crippen MR) is 78.9 cm³/mol. The van der Waals surface area contributed by atoms with E-state index in [-0.39, 0.29) is 5.91 Å². The summed E-state index contributed by atoms with van der Waals surface area (Å²) in [5, 5.41) is 7.27. The number of aryl methyl sites for hydroxylation is 2. The highest BCUT2D eigenvalue weighted by atomic mass is 32.1. The fraction of sp³-hybridized carbons (Fsp3) is 0.615. The van der Waals surface area contributed by atoms with Crippen molar-refractivity contribution in [1.29, 1.82) is 0 Å². The highest BCUT2D eigenvalue weighted by Gasteiger charge is 2.44. The maximum absolute atomic E-state index is 12.5. The zero-order chi connectivity index (χ0) is 14.0. The topological polar surface area (TPSA) is 72.9 Å². The molecule has 104 valence electrons. The van der Waals surface area contributed by atoms with Gasteiger partial charge in [0.05, 0.1) is 21.8 Å². The Morgan fingerprint density at radius 2 is 2.21 bits per heavy atom. The summed E-state index contributed by atoms with van der Waals surface area (Å²) >= 11 is 5.12. The Bertz CT molecular complexity index is 503. The Kier molecular flexibility index (Phi) is 3.89. The van der Waals surface area contributed by atoms with E-state index in [1.165, 1.54) is 0 Å². The zero-order valence-electron chi connectivity index (χ0n) is 11.4. The van der Waals surface area contributed by atoms with Crippen LogP contribution in [0, 0.1) is 5.41 Å². The number of nitrogens with one attached hydrogen (secondary N) is 1. The lowest BCUT2D eigenvalue weighted by atomic mass is 9.85. The van der Waals surface area contributed by atoms with Crippen molar-refractivity contribution in [3.8, 4) is 0 Å². The van der Waals surface area contributed by atoms with Gasteiger partial charge < -0.3 is 11.1 Å². The molecule has 1 aromatic heterocycles. The van der Waals surface area contributed by atoms with Crippen molar-refractivity contribution in [2.75, 3.05) is 5.32 Å². The highest BCUT2D eigenvalue weighted by molar-refractivity contribution is 7.80. The molecule has 0 aromatic carbocycles. The molecule has 0 spiro atoms. The number of nitrogens with zero attached hydrogens (tertiary/aromatic N) is 2. The van der Waals surface area contributed by atoms with E-state index in [0.717, 1.165) is 43.5 Å². The first kappa shape index (κ1) is 14.0. The standard InChI is InChI=1S/C13H20N4OS/c1-3-9-10(8-17(2)16-9)15-12(18)13(11(14)19)6-4-5-7-13/h8H,3-7H2,1-2H3,(H2,14,19)(H,15,18). The van der Waals surface area contributed by atoms with Crippen LogP contribution < -0.4 is 11.1 Å². The summed E-state index contributed by atoms with van der Waals surface area (Å²) in [5.41, 5.74) is 6.79. The van der Waals surface area contributed by atoms with Gasteiger partial charge in [0.25, 0.3) is 0 Å². The Hall–Kier alpha value is -1.43. The van der Waals surface area contributed by atoms with E-state index >= 15 is 0 Å². The van der Waals surface area contributed by atoms with Crippen LogP contribution in [0.5, 0.6) is 0 Å². The summed E-state index contributed by atoms with van der Waals surface area (Å²) in [7, 11) is 1.84. The SMILES string of the molecule is CCc1nn(C)cc1NC(=O)C1(C(N)=S)CCCC1. The van der Waals surface area contributed by atoms with Crippen LogP contribution in [-0.4, -0.2) is 20.7 Å². The molecule has 1 amide bonds. The minimum absolute atomic E-state index is 0.0831. The maximum atomic E-state index is 12.5. The molecule has 2 rings (SSSR count). The number of amides is 1. The molecule has 3 N–H and O–H groups in total. The van der Waals surface area contributed by atoms with Crippen LogP contribution in [-0.2, 0) is 18.3 Å². The summed E-state index contributed by atoms with van der Waals surface area (Å²) in [6.45, 7) is 2.01. The van der Waals surface area contributed by atoms with Gasteiger partial charge in [0.1, 0.15) is 0 Å². The Morgan fingerprint density at radius 1 is 1.58 bits per heavy atom. The number of hydrogen-bond acceptors (Lipinski definition) is 3. The van der Waals surface area contributed by atoms with Crippen molar-refractivity contribution in [3.05, 3.63) is 11.9 Å². The van der Waals surface area contributed by atoms with Gasteiger partial charge in [-0.25, -0.2) is 0 Å². The van der Waals surface area contributed by atoms with Gasteiger partial charge in [-0.2, -0.15) is 5.10 Å². The fourth-order valence-corrected chi connectivity index (χ4v) is 3.00. The maximum Gasteiger partial charge on any atom is 0.237 e. The predicted octanol–water partition coefficient (Wildman–Crippen LogP) is 1.77. The van der Waals surface area contributed by atoms with Gasteiger partial charge in [-0.15, -0.1) is 0 Å². The van der Waals surface area contributed by atoms with Gasteiger partial charge in [0.15, 0.2) is 0 Å². The van der Waals surface area contributed by atoms with Crippen LogP contribution in [0.2, 0.25) is 0 Å². The van der Waals surface area contributed by atoms with Crippen molar-refractivity contribution >= 4 is 28.8 Å². The smallest absolute Gasteiger partial charge is 0.237 e. The first-order valence-corrected chi connectivity index (χ1v) is 7.04. The number of carbonyl (C=O) groups is 1. The summed E-state index contributed by atoms with van der Waals surface area (Å²) in [4.78, 5) is 12.8. The van der Waals surface area contributed by atoms with Crippen molar-refractivity contribution in [3.63, 3.8) is 0 Å². The van der Waals surface area contributed by atoms with E-state index in [9.17, 15) is 4.79 Å². The fourth-order valence-electron chi connectivity index (χ4n) is 2.71. The van der Waals surface area contributed by atoms with E-state index in [1.54, 1.807) is 4.68 Å². The average molecular weight is 280 g/mol. The van der Waals surface area contributed by atoms with Crippen LogP contribution >= 0.6 is 12.2 Å². The molecular weight excluding hydrogens is 260 g/mol. The molecule has 1 aromatic rings. The lowest BCUT2D eigenvalue weighted by Crippen LogP contribution is -2.44. The summed E-state index contributed by atoms with van der Waals surface area (Å²) in [5.74, 6) is -0.0831. The van der Waals surface area contributed by atoms with Crippen molar-refractivity contribution < 1.29 is 4.79 Å². The van der Waals surface area contributed by atoms with Crippen LogP contribution in [0.15, 0.2) is 6.20 Å². The molecule has 1 fully saturated rings. The largest absolute Gasteiger partial charge is 0.392 e. The summed E-state index contributed by atoms with van der Waals surface area (Å²) < 4.78 is 1.70. The molecular formula is C13H20N4OS. The summed E-state index contributed by atoms with van der Waals surface area (Å²) in [6, 6.07) is 0. The van der Waals surface area contributed by atoms with E-state index in [4.69, 9.17) is 18.0 Å². The minimum Gasteiger partial charge on any atom is -0.392 e. The molecule has 1 aliphatic rings. The number of hydrogen-bond donors (Lipinski definition) is 2. The molecule has 19 heavy (non-hydrogen) atoms. The monoisotopic (exact) mass is 280 g/mol. The van der Waals surface area contributed by atoms with Crippen molar-refractivity contribution in [1.82, 2.24) is 9.78 Å². The number of anilines is 1. The number of nitrogens with two attached hydrogens (primary N) is 1. The molecule has 0 radical (unpaired) electrons. The molecule has 6 heteroatoms. The molecule has 0 bridgehead atoms. The number of rotatable bonds is 4. The van der Waals surface area contributed by atoms with Crippen LogP contribution in [0.4, 0.5) is 5.69 Å². The van der Waals surface area contributed by atoms with Crippen LogP contribution in [0.3, 0.4) is 0 Å². The molecule has 0 aliphatic heterocycles.